The zero-order chi connectivity index (χ0) is 16.9. The van der Waals surface area contributed by atoms with Crippen LogP contribution in [0.25, 0.3) is 11.4 Å². The molecule has 0 spiro atoms. The van der Waals surface area contributed by atoms with Crippen LogP contribution in [-0.4, -0.2) is 21.8 Å². The number of aromatic amines is 1. The first-order valence-electron chi connectivity index (χ1n) is 7.40. The molecular weight excluding hydrogens is 304 g/mol. The predicted molar refractivity (Wildman–Crippen MR) is 92.7 cm³/mol. The molecule has 6 nitrogen and oxygen atoms in total. The highest BCUT2D eigenvalue weighted by molar-refractivity contribution is 6.04. The smallest absolute Gasteiger partial charge is 0.255 e. The molecule has 24 heavy (non-hydrogen) atoms. The lowest BCUT2D eigenvalue weighted by Crippen LogP contribution is -2.12. The molecule has 0 saturated carbocycles. The number of H-pyrrole nitrogens is 1. The number of hydrogen-bond donors (Lipinski definition) is 3. The van der Waals surface area contributed by atoms with Crippen LogP contribution < -0.4 is 10.6 Å². The van der Waals surface area contributed by atoms with Gasteiger partial charge in [0.25, 0.3) is 5.91 Å². The Morgan fingerprint density at radius 2 is 1.54 bits per heavy atom. The van der Waals surface area contributed by atoms with Crippen molar-refractivity contribution in [1.82, 2.24) is 9.97 Å². The maximum absolute atomic E-state index is 12.2. The van der Waals surface area contributed by atoms with Gasteiger partial charge in [0.15, 0.2) is 0 Å². The molecule has 3 N–H and O–H groups in total. The normalized spacial score (nSPS) is 10.2. The summed E-state index contributed by atoms with van der Waals surface area (Å²) >= 11 is 0. The molecule has 0 bridgehead atoms. The molecule has 3 aromatic rings. The molecule has 120 valence electrons. The third-order valence-electron chi connectivity index (χ3n) is 3.38. The number of imidazole rings is 1. The second-order valence-electron chi connectivity index (χ2n) is 5.23. The summed E-state index contributed by atoms with van der Waals surface area (Å²) in [6.07, 6.45) is 3.45. The van der Waals surface area contributed by atoms with Gasteiger partial charge in [-0.2, -0.15) is 0 Å². The number of carbonyl (C=O) groups excluding carboxylic acids is 2. The second-order valence-corrected chi connectivity index (χ2v) is 5.23. The molecule has 0 aliphatic carbocycles. The summed E-state index contributed by atoms with van der Waals surface area (Å²) in [7, 11) is 0. The quantitative estimate of drug-likeness (QED) is 0.689. The van der Waals surface area contributed by atoms with Gasteiger partial charge in [-0.25, -0.2) is 4.98 Å². The molecule has 2 amide bonds. The van der Waals surface area contributed by atoms with E-state index in [0.29, 0.717) is 16.9 Å². The lowest BCUT2D eigenvalue weighted by molar-refractivity contribution is -0.114. The Bertz CT molecular complexity index is 838. The fraction of sp³-hybridized carbons (Fsp3) is 0.0556. The average molecular weight is 320 g/mol. The molecule has 0 atom stereocenters. The Labute approximate surface area is 138 Å². The summed E-state index contributed by atoms with van der Waals surface area (Å²) < 4.78 is 0. The van der Waals surface area contributed by atoms with Crippen LogP contribution in [0.5, 0.6) is 0 Å². The third kappa shape index (κ3) is 3.67. The van der Waals surface area contributed by atoms with Crippen LogP contribution in [0.2, 0.25) is 0 Å². The van der Waals surface area contributed by atoms with Gasteiger partial charge < -0.3 is 15.6 Å². The van der Waals surface area contributed by atoms with Gasteiger partial charge in [0.1, 0.15) is 5.82 Å². The van der Waals surface area contributed by atoms with E-state index in [4.69, 9.17) is 0 Å². The van der Waals surface area contributed by atoms with Gasteiger partial charge in [0.2, 0.25) is 5.91 Å². The van der Waals surface area contributed by atoms with Crippen LogP contribution >= 0.6 is 0 Å². The van der Waals surface area contributed by atoms with E-state index in [1.807, 2.05) is 24.3 Å². The van der Waals surface area contributed by atoms with Crippen molar-refractivity contribution < 1.29 is 9.59 Å². The minimum atomic E-state index is -0.213. The largest absolute Gasteiger partial charge is 0.345 e. The number of amides is 2. The van der Waals surface area contributed by atoms with Crippen molar-refractivity contribution in [1.29, 1.82) is 0 Å². The first-order valence-corrected chi connectivity index (χ1v) is 7.40. The molecule has 6 heteroatoms. The van der Waals surface area contributed by atoms with Crippen molar-refractivity contribution in [2.75, 3.05) is 10.6 Å². The second kappa shape index (κ2) is 6.78. The summed E-state index contributed by atoms with van der Waals surface area (Å²) in [4.78, 5) is 30.4. The standard InChI is InChI=1S/C18H16N4O2/c1-12(23)21-15-8-4-14(5-9-15)18(24)22-16-6-2-13(3-7-16)17-19-10-11-20-17/h2-11H,1H3,(H,19,20)(H,21,23)(H,22,24). The SMILES string of the molecule is CC(=O)Nc1ccc(C(=O)Nc2ccc(-c3ncc[nH]3)cc2)cc1. The van der Waals surface area contributed by atoms with Crippen molar-refractivity contribution in [3.05, 3.63) is 66.5 Å². The van der Waals surface area contributed by atoms with Crippen molar-refractivity contribution in [2.45, 2.75) is 6.92 Å². The molecule has 0 aliphatic rings. The summed E-state index contributed by atoms with van der Waals surface area (Å²) in [5.41, 5.74) is 2.81. The molecular formula is C18H16N4O2. The van der Waals surface area contributed by atoms with Crippen LogP contribution in [0, 0.1) is 0 Å². The molecule has 2 aromatic carbocycles. The summed E-state index contributed by atoms with van der Waals surface area (Å²) in [5, 5.41) is 5.49. The van der Waals surface area contributed by atoms with Crippen molar-refractivity contribution in [3.63, 3.8) is 0 Å². The molecule has 0 unspecified atom stereocenters. The number of carbonyl (C=O) groups is 2. The number of hydrogen-bond acceptors (Lipinski definition) is 3. The fourth-order valence-corrected chi connectivity index (χ4v) is 2.25. The van der Waals surface area contributed by atoms with Gasteiger partial charge in [-0.1, -0.05) is 0 Å². The number of benzene rings is 2. The van der Waals surface area contributed by atoms with E-state index in [9.17, 15) is 9.59 Å². The summed E-state index contributed by atoms with van der Waals surface area (Å²) in [6.45, 7) is 1.44. The van der Waals surface area contributed by atoms with E-state index in [0.717, 1.165) is 11.4 Å². The molecule has 0 saturated heterocycles. The lowest BCUT2D eigenvalue weighted by atomic mass is 10.1. The molecule has 1 aromatic heterocycles. The molecule has 0 radical (unpaired) electrons. The minimum absolute atomic E-state index is 0.149. The number of nitrogens with zero attached hydrogens (tertiary/aromatic N) is 1. The highest BCUT2D eigenvalue weighted by Crippen LogP contribution is 2.18. The Morgan fingerprint density at radius 3 is 2.12 bits per heavy atom. The number of anilines is 2. The van der Waals surface area contributed by atoms with Gasteiger partial charge in [-0.05, 0) is 48.5 Å². The van der Waals surface area contributed by atoms with Crippen LogP contribution in [0.3, 0.4) is 0 Å². The molecule has 1 heterocycles. The highest BCUT2D eigenvalue weighted by Gasteiger charge is 2.07. The van der Waals surface area contributed by atoms with Crippen molar-refractivity contribution >= 4 is 23.2 Å². The first kappa shape index (κ1) is 15.5. The third-order valence-corrected chi connectivity index (χ3v) is 3.38. The van der Waals surface area contributed by atoms with Gasteiger partial charge in [0, 0.05) is 41.8 Å². The number of aromatic nitrogens is 2. The van der Waals surface area contributed by atoms with E-state index >= 15 is 0 Å². The monoisotopic (exact) mass is 320 g/mol. The van der Waals surface area contributed by atoms with Crippen LogP contribution in [0.1, 0.15) is 17.3 Å². The van der Waals surface area contributed by atoms with Crippen LogP contribution in [-0.2, 0) is 4.79 Å². The van der Waals surface area contributed by atoms with Gasteiger partial charge in [0.05, 0.1) is 0 Å². The van der Waals surface area contributed by atoms with Gasteiger partial charge in [-0.15, -0.1) is 0 Å². The first-order chi connectivity index (χ1) is 11.6. The maximum atomic E-state index is 12.2. The van der Waals surface area contributed by atoms with Gasteiger partial charge in [-0.3, -0.25) is 9.59 Å². The number of nitrogens with one attached hydrogen (secondary N) is 3. The van der Waals surface area contributed by atoms with Crippen LogP contribution in [0.15, 0.2) is 60.9 Å². The Hall–Kier alpha value is -3.41. The maximum Gasteiger partial charge on any atom is 0.255 e. The van der Waals surface area contributed by atoms with E-state index in [-0.39, 0.29) is 11.8 Å². The van der Waals surface area contributed by atoms with E-state index in [2.05, 4.69) is 20.6 Å². The lowest BCUT2D eigenvalue weighted by Gasteiger charge is -2.07. The van der Waals surface area contributed by atoms with Crippen molar-refractivity contribution in [3.8, 4) is 11.4 Å². The minimum Gasteiger partial charge on any atom is -0.345 e. The number of rotatable bonds is 4. The average Bonchev–Trinajstić information content (AvgIpc) is 3.10. The van der Waals surface area contributed by atoms with Crippen LogP contribution in [0.4, 0.5) is 11.4 Å². The van der Waals surface area contributed by atoms with E-state index in [1.165, 1.54) is 6.92 Å². The topological polar surface area (TPSA) is 86.9 Å². The van der Waals surface area contributed by atoms with Gasteiger partial charge >= 0.3 is 0 Å². The zero-order valence-electron chi connectivity index (χ0n) is 13.0. The summed E-state index contributed by atoms with van der Waals surface area (Å²) in [6, 6.07) is 14.1. The Morgan fingerprint density at radius 1 is 0.917 bits per heavy atom. The van der Waals surface area contributed by atoms with Crippen molar-refractivity contribution in [2.24, 2.45) is 0 Å². The molecule has 0 fully saturated rings. The highest BCUT2D eigenvalue weighted by atomic mass is 16.2. The predicted octanol–water partition coefficient (Wildman–Crippen LogP) is 3.29. The molecule has 3 rings (SSSR count). The van der Waals surface area contributed by atoms with E-state index in [1.54, 1.807) is 36.7 Å². The Kier molecular flexibility index (Phi) is 4.38. The molecule has 0 aliphatic heterocycles. The Balaban J connectivity index is 1.67. The van der Waals surface area contributed by atoms with E-state index < -0.39 is 0 Å². The zero-order valence-corrected chi connectivity index (χ0v) is 13.0. The summed E-state index contributed by atoms with van der Waals surface area (Å²) in [5.74, 6) is 0.417. The fourth-order valence-electron chi connectivity index (χ4n) is 2.25.